The van der Waals surface area contributed by atoms with Crippen molar-refractivity contribution < 1.29 is 18.4 Å². The maximum absolute atomic E-state index is 13.6. The maximum atomic E-state index is 13.6. The van der Waals surface area contributed by atoms with Crippen molar-refractivity contribution in [1.29, 1.82) is 0 Å². The third-order valence-electron chi connectivity index (χ3n) is 4.94. The largest absolute Gasteiger partial charge is 0.365 e. The van der Waals surface area contributed by atoms with Crippen molar-refractivity contribution in [2.24, 2.45) is 5.73 Å². The van der Waals surface area contributed by atoms with Crippen LogP contribution in [0.3, 0.4) is 0 Å². The van der Waals surface area contributed by atoms with E-state index >= 15 is 0 Å². The molecule has 14 heteroatoms. The lowest BCUT2D eigenvalue weighted by molar-refractivity contribution is 0.100. The van der Waals surface area contributed by atoms with Crippen LogP contribution in [-0.2, 0) is 6.54 Å². The van der Waals surface area contributed by atoms with E-state index in [-0.39, 0.29) is 21.1 Å². The number of nitrogens with one attached hydrogen (secondary N) is 2. The number of nitrogens with two attached hydrogens (primary N) is 1. The van der Waals surface area contributed by atoms with Crippen molar-refractivity contribution in [3.63, 3.8) is 0 Å². The molecule has 0 saturated carbocycles. The monoisotopic (exact) mass is 601 g/mol. The van der Waals surface area contributed by atoms with Crippen LogP contribution < -0.4 is 11.1 Å². The van der Waals surface area contributed by atoms with E-state index < -0.39 is 23.9 Å². The van der Waals surface area contributed by atoms with Crippen LogP contribution in [0.2, 0.25) is 0 Å². The first-order valence-electron chi connectivity index (χ1n) is 9.42. The number of pyridine rings is 1. The van der Waals surface area contributed by atoms with Gasteiger partial charge in [0, 0.05) is 23.2 Å². The van der Waals surface area contributed by atoms with Crippen molar-refractivity contribution in [3.05, 3.63) is 43.3 Å². The van der Waals surface area contributed by atoms with Gasteiger partial charge in [0.25, 0.3) is 18.2 Å². The molecule has 0 aliphatic carbocycles. The van der Waals surface area contributed by atoms with Crippen LogP contribution in [0.1, 0.15) is 44.9 Å². The van der Waals surface area contributed by atoms with Gasteiger partial charge >= 0.3 is 0 Å². The number of carbonyl (C=O) groups excluding carboxylic acids is 2. The lowest BCUT2D eigenvalue weighted by atomic mass is 10.0. The van der Waals surface area contributed by atoms with Crippen LogP contribution in [0.25, 0.3) is 21.3 Å². The lowest BCUT2D eigenvalue weighted by Gasteiger charge is -2.10. The third kappa shape index (κ3) is 4.06. The highest BCUT2D eigenvalue weighted by Crippen LogP contribution is 2.43. The predicted molar refractivity (Wildman–Crippen MR) is 127 cm³/mol. The summed E-state index contributed by atoms with van der Waals surface area (Å²) in [5.74, 6) is -1.48. The average molecular weight is 603 g/mol. The van der Waals surface area contributed by atoms with E-state index in [1.54, 1.807) is 17.8 Å². The van der Waals surface area contributed by atoms with Gasteiger partial charge in [-0.3, -0.25) is 19.4 Å². The minimum atomic E-state index is -2.84. The summed E-state index contributed by atoms with van der Waals surface area (Å²) in [6.45, 7) is 4.28. The lowest BCUT2D eigenvalue weighted by Crippen LogP contribution is -2.17. The highest BCUT2D eigenvalue weighted by Gasteiger charge is 2.27. The summed E-state index contributed by atoms with van der Waals surface area (Å²) in [4.78, 5) is 29.3. The average Bonchev–Trinajstić information content (AvgIpc) is 3.43. The van der Waals surface area contributed by atoms with Gasteiger partial charge in [0.2, 0.25) is 0 Å². The quantitative estimate of drug-likeness (QED) is 0.285. The number of halogens is 4. The summed E-state index contributed by atoms with van der Waals surface area (Å²) < 4.78 is 29.8. The van der Waals surface area contributed by atoms with Crippen LogP contribution in [0, 0.1) is 6.92 Å². The molecule has 4 N–H and O–H groups in total. The van der Waals surface area contributed by atoms with Crippen molar-refractivity contribution >= 4 is 70.9 Å². The van der Waals surface area contributed by atoms with Crippen LogP contribution >= 0.6 is 43.2 Å². The number of aryl methyl sites for hydroxylation is 1. The van der Waals surface area contributed by atoms with E-state index in [1.807, 2.05) is 6.92 Å². The van der Waals surface area contributed by atoms with Crippen LogP contribution in [-0.4, -0.2) is 36.8 Å². The highest BCUT2D eigenvalue weighted by atomic mass is 79.9. The number of hydrogen-bond acceptors (Lipinski definition) is 6. The fourth-order valence-electron chi connectivity index (χ4n) is 3.39. The summed E-state index contributed by atoms with van der Waals surface area (Å²) in [6.07, 6.45) is -1.29. The van der Waals surface area contributed by atoms with Gasteiger partial charge < -0.3 is 11.1 Å². The Kier molecular flexibility index (Phi) is 6.33. The Hall–Kier alpha value is -2.71. The minimum absolute atomic E-state index is 0.0188. The number of rotatable bonds is 6. The van der Waals surface area contributed by atoms with Crippen molar-refractivity contribution in [3.8, 4) is 11.1 Å². The Morgan fingerprint density at radius 1 is 1.33 bits per heavy atom. The number of fused-ring (bicyclic) bond motifs is 1. The number of primary amides is 1. The minimum Gasteiger partial charge on any atom is -0.365 e. The number of nitrogens with zero attached hydrogens (tertiary/aromatic N) is 4. The molecule has 0 bridgehead atoms. The SMILES string of the molecule is CCn1ncc(-c2cc(C(F)F)nc3sc(C(N)=O)c(NC(=O)c4n[nH]c(Br)c4Br)c23)c1C. The van der Waals surface area contributed by atoms with Crippen molar-refractivity contribution in [2.75, 3.05) is 5.32 Å². The van der Waals surface area contributed by atoms with Gasteiger partial charge in [-0.25, -0.2) is 13.8 Å². The Morgan fingerprint density at radius 2 is 2.06 bits per heavy atom. The van der Waals surface area contributed by atoms with Crippen LogP contribution in [0.4, 0.5) is 14.5 Å². The number of hydrogen-bond donors (Lipinski definition) is 3. The summed E-state index contributed by atoms with van der Waals surface area (Å²) in [5, 5.41) is 13.8. The molecule has 0 aliphatic rings. The molecule has 0 radical (unpaired) electrons. The van der Waals surface area contributed by atoms with E-state index in [4.69, 9.17) is 5.73 Å². The Labute approximate surface area is 206 Å². The van der Waals surface area contributed by atoms with E-state index in [9.17, 15) is 18.4 Å². The number of alkyl halides is 2. The second-order valence-electron chi connectivity index (χ2n) is 6.86. The number of carbonyl (C=O) groups is 2. The van der Waals surface area contributed by atoms with Crippen molar-refractivity contribution in [2.45, 2.75) is 26.8 Å². The number of thiophene rings is 1. The molecular formula is C19H15Br2F2N7O2S. The molecule has 4 aromatic rings. The maximum Gasteiger partial charge on any atom is 0.280 e. The Balaban J connectivity index is 1.99. The molecule has 0 atom stereocenters. The fourth-order valence-corrected chi connectivity index (χ4v) is 5.04. The molecule has 172 valence electrons. The smallest absolute Gasteiger partial charge is 0.280 e. The zero-order valence-electron chi connectivity index (χ0n) is 17.0. The van der Waals surface area contributed by atoms with Gasteiger partial charge in [0.15, 0.2) is 5.69 Å². The molecule has 4 rings (SSSR count). The van der Waals surface area contributed by atoms with Crippen molar-refractivity contribution in [1.82, 2.24) is 25.0 Å². The normalized spacial score (nSPS) is 11.5. The first-order chi connectivity index (χ1) is 15.6. The summed E-state index contributed by atoms with van der Waals surface area (Å²) in [7, 11) is 0. The zero-order valence-corrected chi connectivity index (χ0v) is 21.0. The summed E-state index contributed by atoms with van der Waals surface area (Å²) >= 11 is 7.29. The fraction of sp³-hybridized carbons (Fsp3) is 0.211. The van der Waals surface area contributed by atoms with Gasteiger partial charge in [0.1, 0.15) is 20.0 Å². The molecule has 2 amide bonds. The number of anilines is 1. The number of aromatic amines is 1. The molecule has 4 heterocycles. The van der Waals surface area contributed by atoms with E-state index in [2.05, 4.69) is 57.5 Å². The number of amides is 2. The number of H-pyrrole nitrogens is 1. The summed E-state index contributed by atoms with van der Waals surface area (Å²) in [6, 6.07) is 1.24. The molecular weight excluding hydrogens is 588 g/mol. The second kappa shape index (κ2) is 8.91. The summed E-state index contributed by atoms with van der Waals surface area (Å²) in [5.41, 5.74) is 6.84. The molecule has 0 fully saturated rings. The van der Waals surface area contributed by atoms with E-state index in [0.717, 1.165) is 17.0 Å². The van der Waals surface area contributed by atoms with Gasteiger partial charge in [-0.05, 0) is 57.3 Å². The molecule has 4 aromatic heterocycles. The standard InChI is InChI=1S/C19H15Br2F2N7O2S/c1-3-30-6(2)8(5-25-30)7-4-9(16(22)23)26-19-10(7)12(14(33-19)17(24)31)27-18(32)13-11(20)15(21)29-28-13/h4-5,16H,3H2,1-2H3,(H2,24,31)(H,27,32)(H,28,29). The first kappa shape index (κ1) is 23.4. The van der Waals surface area contributed by atoms with Gasteiger partial charge in [-0.1, -0.05) is 0 Å². The molecule has 9 nitrogen and oxygen atoms in total. The second-order valence-corrected chi connectivity index (χ2v) is 9.44. The Bertz CT molecular complexity index is 1410. The molecule has 0 unspecified atom stereocenters. The first-order valence-corrected chi connectivity index (χ1v) is 11.8. The van der Waals surface area contributed by atoms with Gasteiger partial charge in [-0.2, -0.15) is 10.2 Å². The molecule has 0 aliphatic heterocycles. The molecule has 0 spiro atoms. The molecule has 0 saturated heterocycles. The predicted octanol–water partition coefficient (Wildman–Crippen LogP) is 5.03. The van der Waals surface area contributed by atoms with E-state index in [0.29, 0.717) is 32.1 Å². The Morgan fingerprint density at radius 3 is 2.61 bits per heavy atom. The zero-order chi connectivity index (χ0) is 24.0. The van der Waals surface area contributed by atoms with Crippen LogP contribution in [0.5, 0.6) is 0 Å². The van der Waals surface area contributed by atoms with Gasteiger partial charge in [0.05, 0.1) is 16.4 Å². The highest BCUT2D eigenvalue weighted by molar-refractivity contribution is 9.13. The number of aromatic nitrogens is 5. The van der Waals surface area contributed by atoms with Crippen LogP contribution in [0.15, 0.2) is 21.3 Å². The van der Waals surface area contributed by atoms with Gasteiger partial charge in [-0.15, -0.1) is 11.3 Å². The molecule has 0 aromatic carbocycles. The van der Waals surface area contributed by atoms with E-state index in [1.165, 1.54) is 6.07 Å². The topological polar surface area (TPSA) is 132 Å². The molecule has 33 heavy (non-hydrogen) atoms. The third-order valence-corrected chi connectivity index (χ3v) is 7.92.